The molecule has 4 nitrogen and oxygen atoms in total. The average Bonchev–Trinajstić information content (AvgIpc) is 2.35. The number of aryl methyl sites for hydroxylation is 1. The van der Waals surface area contributed by atoms with Crippen molar-refractivity contribution < 1.29 is 23.0 Å². The van der Waals surface area contributed by atoms with Crippen LogP contribution in [-0.2, 0) is 11.2 Å². The van der Waals surface area contributed by atoms with Crippen molar-refractivity contribution in [1.82, 2.24) is 0 Å². The molecule has 1 rings (SSSR count). The summed E-state index contributed by atoms with van der Waals surface area (Å²) in [5.74, 6) is -0.821. The van der Waals surface area contributed by atoms with Gasteiger partial charge in [0.2, 0.25) is 0 Å². The summed E-state index contributed by atoms with van der Waals surface area (Å²) in [4.78, 5) is 11.5. The molecule has 0 unspecified atom stereocenters. The molecular weight excluding hydrogens is 244 g/mol. The molecule has 0 fully saturated rings. The number of rotatable bonds is 4. The van der Waals surface area contributed by atoms with E-state index in [2.05, 4.69) is 9.47 Å². The minimum absolute atomic E-state index is 0.0446. The molecule has 0 aliphatic rings. The number of benzene rings is 1. The van der Waals surface area contributed by atoms with Crippen molar-refractivity contribution in [3.63, 3.8) is 0 Å². The second kappa shape index (κ2) is 5.96. The Kier molecular flexibility index (Phi) is 4.60. The lowest BCUT2D eigenvalue weighted by Gasteiger charge is -2.11. The maximum Gasteiger partial charge on any atom is 0.387 e. The molecule has 6 heteroatoms. The highest BCUT2D eigenvalue weighted by atomic mass is 19.3. The minimum Gasteiger partial charge on any atom is -0.465 e. The Morgan fingerprint density at radius 3 is 2.61 bits per heavy atom. The number of alkyl halides is 2. The summed E-state index contributed by atoms with van der Waals surface area (Å²) < 4.78 is 33.0. The van der Waals surface area contributed by atoms with Crippen LogP contribution in [0.25, 0.3) is 0 Å². The van der Waals surface area contributed by atoms with Gasteiger partial charge in [-0.1, -0.05) is 6.92 Å². The third kappa shape index (κ3) is 2.94. The summed E-state index contributed by atoms with van der Waals surface area (Å²) in [7, 11) is 1.19. The highest BCUT2D eigenvalue weighted by Gasteiger charge is 2.19. The monoisotopic (exact) mass is 255 g/mol. The van der Waals surface area contributed by atoms with Crippen molar-refractivity contribution >= 4 is 5.97 Å². The molecular formula is C12H11F2NO3. The zero-order valence-electron chi connectivity index (χ0n) is 9.87. The van der Waals surface area contributed by atoms with Gasteiger partial charge in [-0.15, -0.1) is 0 Å². The zero-order chi connectivity index (χ0) is 13.7. The summed E-state index contributed by atoms with van der Waals surface area (Å²) in [6, 6.07) is 4.17. The number of hydrogen-bond acceptors (Lipinski definition) is 4. The van der Waals surface area contributed by atoms with E-state index in [9.17, 15) is 13.6 Å². The highest BCUT2D eigenvalue weighted by molar-refractivity contribution is 5.94. The molecule has 0 saturated carbocycles. The quantitative estimate of drug-likeness (QED) is 0.775. The maximum absolute atomic E-state index is 12.1. The molecule has 0 amide bonds. The molecule has 18 heavy (non-hydrogen) atoms. The number of methoxy groups -OCH3 is 1. The summed E-state index contributed by atoms with van der Waals surface area (Å²) in [5.41, 5.74) is 0.470. The van der Waals surface area contributed by atoms with Crippen LogP contribution in [0.15, 0.2) is 12.1 Å². The Bertz CT molecular complexity index is 495. The lowest BCUT2D eigenvalue weighted by atomic mass is 9.99. The predicted molar refractivity (Wildman–Crippen MR) is 58.5 cm³/mol. The van der Waals surface area contributed by atoms with Gasteiger partial charge in [-0.25, -0.2) is 4.79 Å². The van der Waals surface area contributed by atoms with Gasteiger partial charge in [-0.05, 0) is 24.1 Å². The number of carbonyl (C=O) groups excluding carboxylic acids is 1. The van der Waals surface area contributed by atoms with Crippen LogP contribution in [0.3, 0.4) is 0 Å². The van der Waals surface area contributed by atoms with Crippen LogP contribution in [-0.4, -0.2) is 19.7 Å². The molecule has 0 heterocycles. The fourth-order valence-electron chi connectivity index (χ4n) is 1.55. The van der Waals surface area contributed by atoms with Crippen molar-refractivity contribution in [3.8, 4) is 11.8 Å². The van der Waals surface area contributed by atoms with E-state index in [-0.39, 0.29) is 16.9 Å². The van der Waals surface area contributed by atoms with E-state index >= 15 is 0 Å². The first-order chi connectivity index (χ1) is 8.53. The number of hydrogen-bond donors (Lipinski definition) is 0. The zero-order valence-corrected chi connectivity index (χ0v) is 9.87. The van der Waals surface area contributed by atoms with Crippen LogP contribution in [0.1, 0.15) is 28.4 Å². The SMILES string of the molecule is CCc1cc(OC(F)F)cc(C#N)c1C(=O)OC. The predicted octanol–water partition coefficient (Wildman–Crippen LogP) is 2.51. The van der Waals surface area contributed by atoms with Crippen LogP contribution >= 0.6 is 0 Å². The van der Waals surface area contributed by atoms with Gasteiger partial charge in [0, 0.05) is 0 Å². The lowest BCUT2D eigenvalue weighted by Crippen LogP contribution is -2.10. The van der Waals surface area contributed by atoms with E-state index in [0.29, 0.717) is 12.0 Å². The Morgan fingerprint density at radius 2 is 2.17 bits per heavy atom. The molecule has 0 spiro atoms. The number of nitriles is 1. The number of halogens is 2. The normalized spacial score (nSPS) is 10.0. The van der Waals surface area contributed by atoms with Crippen molar-refractivity contribution in [2.24, 2.45) is 0 Å². The van der Waals surface area contributed by atoms with Crippen LogP contribution in [0, 0.1) is 11.3 Å². The fourth-order valence-corrected chi connectivity index (χ4v) is 1.55. The summed E-state index contributed by atoms with van der Waals surface area (Å²) in [6.45, 7) is -1.25. The first-order valence-electron chi connectivity index (χ1n) is 5.13. The maximum atomic E-state index is 12.1. The van der Waals surface area contributed by atoms with E-state index in [4.69, 9.17) is 5.26 Å². The first-order valence-corrected chi connectivity index (χ1v) is 5.13. The average molecular weight is 255 g/mol. The van der Waals surface area contributed by atoms with Gasteiger partial charge in [0.25, 0.3) is 0 Å². The van der Waals surface area contributed by atoms with Gasteiger partial charge >= 0.3 is 12.6 Å². The number of carbonyl (C=O) groups is 1. The fraction of sp³-hybridized carbons (Fsp3) is 0.333. The Hall–Kier alpha value is -2.16. The third-order valence-corrected chi connectivity index (χ3v) is 2.31. The Labute approximate surface area is 103 Å². The smallest absolute Gasteiger partial charge is 0.387 e. The van der Waals surface area contributed by atoms with Gasteiger partial charge in [0.15, 0.2) is 0 Å². The van der Waals surface area contributed by atoms with Gasteiger partial charge in [0.1, 0.15) is 11.8 Å². The first kappa shape index (κ1) is 13.9. The van der Waals surface area contributed by atoms with Gasteiger partial charge in [-0.2, -0.15) is 14.0 Å². The second-order valence-corrected chi connectivity index (χ2v) is 3.34. The molecule has 1 aromatic rings. The van der Waals surface area contributed by atoms with E-state index < -0.39 is 12.6 Å². The number of esters is 1. The van der Waals surface area contributed by atoms with Crippen molar-refractivity contribution in [2.45, 2.75) is 20.0 Å². The van der Waals surface area contributed by atoms with Crippen molar-refractivity contribution in [2.75, 3.05) is 7.11 Å². The molecule has 0 aromatic heterocycles. The lowest BCUT2D eigenvalue weighted by molar-refractivity contribution is -0.0498. The summed E-state index contributed by atoms with van der Waals surface area (Å²) in [6.07, 6.45) is 0.388. The van der Waals surface area contributed by atoms with Crippen molar-refractivity contribution in [1.29, 1.82) is 5.26 Å². The molecule has 0 bridgehead atoms. The van der Waals surface area contributed by atoms with Crippen LogP contribution < -0.4 is 4.74 Å². The van der Waals surface area contributed by atoms with Gasteiger partial charge < -0.3 is 9.47 Å². The number of nitrogens with zero attached hydrogens (tertiary/aromatic N) is 1. The summed E-state index contributed by atoms with van der Waals surface area (Å²) in [5, 5.41) is 8.94. The van der Waals surface area contributed by atoms with Gasteiger partial charge in [-0.3, -0.25) is 0 Å². The molecule has 1 aromatic carbocycles. The van der Waals surface area contributed by atoms with E-state index in [1.54, 1.807) is 13.0 Å². The van der Waals surface area contributed by atoms with Crippen molar-refractivity contribution in [3.05, 3.63) is 28.8 Å². The molecule has 0 radical (unpaired) electrons. The molecule has 0 atom stereocenters. The standard InChI is InChI=1S/C12H11F2NO3/c1-3-7-4-9(18-12(13)14)5-8(6-15)10(7)11(16)17-2/h4-5,12H,3H2,1-2H3. The second-order valence-electron chi connectivity index (χ2n) is 3.34. The topological polar surface area (TPSA) is 59.3 Å². The Balaban J connectivity index is 3.35. The third-order valence-electron chi connectivity index (χ3n) is 2.31. The minimum atomic E-state index is -2.98. The van der Waals surface area contributed by atoms with Crippen LogP contribution in [0.4, 0.5) is 8.78 Å². The van der Waals surface area contributed by atoms with E-state index in [0.717, 1.165) is 6.07 Å². The van der Waals surface area contributed by atoms with E-state index in [1.165, 1.54) is 13.2 Å². The molecule has 96 valence electrons. The highest BCUT2D eigenvalue weighted by Crippen LogP contribution is 2.25. The van der Waals surface area contributed by atoms with Crippen LogP contribution in [0.2, 0.25) is 0 Å². The van der Waals surface area contributed by atoms with Gasteiger partial charge in [0.05, 0.1) is 18.2 Å². The summed E-state index contributed by atoms with van der Waals surface area (Å²) >= 11 is 0. The molecule has 0 aliphatic carbocycles. The number of ether oxygens (including phenoxy) is 2. The van der Waals surface area contributed by atoms with E-state index in [1.807, 2.05) is 0 Å². The Morgan fingerprint density at radius 1 is 1.50 bits per heavy atom. The largest absolute Gasteiger partial charge is 0.465 e. The molecule has 0 saturated heterocycles. The molecule has 0 N–H and O–H groups in total. The molecule has 0 aliphatic heterocycles. The van der Waals surface area contributed by atoms with Crippen LogP contribution in [0.5, 0.6) is 5.75 Å².